The molecule has 4 rings (SSSR count). The molecule has 2 N–H and O–H groups in total. The molecule has 0 unspecified atom stereocenters. The number of ether oxygens (including phenoxy) is 1. The van der Waals surface area contributed by atoms with E-state index in [1.165, 1.54) is 0 Å². The Morgan fingerprint density at radius 3 is 2.80 bits per heavy atom. The van der Waals surface area contributed by atoms with Gasteiger partial charge in [-0.3, -0.25) is 4.98 Å². The third kappa shape index (κ3) is 3.36. The summed E-state index contributed by atoms with van der Waals surface area (Å²) in [6.45, 7) is 3.14. The van der Waals surface area contributed by atoms with E-state index in [9.17, 15) is 9.18 Å². The van der Waals surface area contributed by atoms with Crippen LogP contribution in [0.3, 0.4) is 0 Å². The van der Waals surface area contributed by atoms with Crippen molar-refractivity contribution < 1.29 is 13.5 Å². The lowest BCUT2D eigenvalue weighted by atomic mass is 10.1. The van der Waals surface area contributed by atoms with Gasteiger partial charge in [0.05, 0.1) is 24.4 Å². The molecule has 130 valence electrons. The molecule has 2 aromatic carbocycles. The van der Waals surface area contributed by atoms with E-state index < -0.39 is 5.76 Å². The third-order valence-corrected chi connectivity index (χ3v) is 4.28. The first-order valence-corrected chi connectivity index (χ1v) is 8.17. The molecule has 7 heteroatoms. The molecular formula is C18H18FN3O3. The number of aromatic nitrogens is 1. The van der Waals surface area contributed by atoms with Crippen LogP contribution in [0.1, 0.15) is 5.56 Å². The van der Waals surface area contributed by atoms with Gasteiger partial charge in [-0.1, -0.05) is 6.07 Å². The highest BCUT2D eigenvalue weighted by Gasteiger charge is 2.15. The Morgan fingerprint density at radius 1 is 1.16 bits per heavy atom. The van der Waals surface area contributed by atoms with Gasteiger partial charge < -0.3 is 19.4 Å². The zero-order valence-electron chi connectivity index (χ0n) is 13.5. The van der Waals surface area contributed by atoms with E-state index in [0.29, 0.717) is 49.6 Å². The number of rotatable bonds is 4. The Hall–Kier alpha value is -2.80. The molecule has 0 aliphatic carbocycles. The van der Waals surface area contributed by atoms with Crippen LogP contribution in [0.25, 0.3) is 11.1 Å². The van der Waals surface area contributed by atoms with Crippen LogP contribution in [0.15, 0.2) is 45.6 Å². The Morgan fingerprint density at radius 2 is 2.00 bits per heavy atom. The minimum atomic E-state index is -0.479. The summed E-state index contributed by atoms with van der Waals surface area (Å²) >= 11 is 0. The highest BCUT2D eigenvalue weighted by Crippen LogP contribution is 2.22. The van der Waals surface area contributed by atoms with Crippen LogP contribution in [0.2, 0.25) is 0 Å². The highest BCUT2D eigenvalue weighted by molar-refractivity contribution is 5.76. The first kappa shape index (κ1) is 15.7. The van der Waals surface area contributed by atoms with Crippen LogP contribution in [0.4, 0.5) is 15.8 Å². The molecule has 0 amide bonds. The lowest BCUT2D eigenvalue weighted by Crippen LogP contribution is -2.36. The molecule has 6 nitrogen and oxygen atoms in total. The molecule has 0 atom stereocenters. The standard InChI is InChI=1S/C18H18FN3O3/c19-14-9-12(1-3-16(14)22-5-7-24-8-6-22)11-20-13-2-4-17-15(10-13)21-18(23)25-17/h1-4,9-10,20H,5-8,11H2,(H,21,23). The maximum Gasteiger partial charge on any atom is 0.417 e. The number of nitrogens with one attached hydrogen (secondary N) is 2. The number of hydrogen-bond donors (Lipinski definition) is 2. The summed E-state index contributed by atoms with van der Waals surface area (Å²) in [4.78, 5) is 15.8. The SMILES string of the molecule is O=c1[nH]c2cc(NCc3ccc(N4CCOCC4)c(F)c3)ccc2o1. The third-order valence-electron chi connectivity index (χ3n) is 4.28. The lowest BCUT2D eigenvalue weighted by Gasteiger charge is -2.29. The first-order valence-electron chi connectivity index (χ1n) is 8.17. The van der Waals surface area contributed by atoms with E-state index >= 15 is 0 Å². The molecule has 1 fully saturated rings. The first-order chi connectivity index (χ1) is 12.2. The molecule has 1 aliphatic heterocycles. The quantitative estimate of drug-likeness (QED) is 0.762. The highest BCUT2D eigenvalue weighted by atomic mass is 19.1. The monoisotopic (exact) mass is 343 g/mol. The molecule has 1 aromatic heterocycles. The van der Waals surface area contributed by atoms with E-state index in [0.717, 1.165) is 11.3 Å². The van der Waals surface area contributed by atoms with E-state index in [-0.39, 0.29) is 5.82 Å². The van der Waals surface area contributed by atoms with Crippen LogP contribution in [0, 0.1) is 5.82 Å². The summed E-state index contributed by atoms with van der Waals surface area (Å²) in [6.07, 6.45) is 0. The molecule has 25 heavy (non-hydrogen) atoms. The van der Waals surface area contributed by atoms with Gasteiger partial charge in [0.15, 0.2) is 5.58 Å². The Bertz CT molecular complexity index is 944. The predicted molar refractivity (Wildman–Crippen MR) is 93.6 cm³/mol. The van der Waals surface area contributed by atoms with Crippen molar-refractivity contribution in [3.63, 3.8) is 0 Å². The number of H-pyrrole nitrogens is 1. The molecule has 0 radical (unpaired) electrons. The predicted octanol–water partition coefficient (Wildman–Crippen LogP) is 2.71. The summed E-state index contributed by atoms with van der Waals surface area (Å²) in [5.74, 6) is -0.705. The van der Waals surface area contributed by atoms with Gasteiger partial charge in [0, 0.05) is 25.3 Å². The van der Waals surface area contributed by atoms with Gasteiger partial charge in [0.2, 0.25) is 0 Å². The molecule has 0 saturated carbocycles. The van der Waals surface area contributed by atoms with Crippen molar-refractivity contribution in [2.75, 3.05) is 36.5 Å². The lowest BCUT2D eigenvalue weighted by molar-refractivity contribution is 0.122. The molecule has 0 spiro atoms. The normalized spacial score (nSPS) is 14.8. The van der Waals surface area contributed by atoms with Crippen molar-refractivity contribution in [3.05, 3.63) is 58.3 Å². The van der Waals surface area contributed by atoms with Crippen molar-refractivity contribution in [2.45, 2.75) is 6.54 Å². The zero-order chi connectivity index (χ0) is 17.2. The largest absolute Gasteiger partial charge is 0.417 e. The topological polar surface area (TPSA) is 70.5 Å². The molecule has 1 aliphatic rings. The van der Waals surface area contributed by atoms with Gasteiger partial charge in [-0.25, -0.2) is 9.18 Å². The zero-order valence-corrected chi connectivity index (χ0v) is 13.5. The van der Waals surface area contributed by atoms with Gasteiger partial charge in [-0.05, 0) is 35.9 Å². The van der Waals surface area contributed by atoms with E-state index in [2.05, 4.69) is 10.3 Å². The fraction of sp³-hybridized carbons (Fsp3) is 0.278. The van der Waals surface area contributed by atoms with Crippen molar-refractivity contribution in [1.82, 2.24) is 4.98 Å². The van der Waals surface area contributed by atoms with Gasteiger partial charge in [0.25, 0.3) is 0 Å². The number of halogens is 1. The minimum Gasteiger partial charge on any atom is -0.408 e. The fourth-order valence-corrected chi connectivity index (χ4v) is 2.99. The number of morpholine rings is 1. The molecule has 1 saturated heterocycles. The van der Waals surface area contributed by atoms with Gasteiger partial charge >= 0.3 is 5.76 Å². The molecular weight excluding hydrogens is 325 g/mol. The second kappa shape index (κ2) is 6.60. The Balaban J connectivity index is 1.46. The second-order valence-corrected chi connectivity index (χ2v) is 5.96. The van der Waals surface area contributed by atoms with E-state index in [1.54, 1.807) is 18.2 Å². The number of fused-ring (bicyclic) bond motifs is 1. The number of anilines is 2. The van der Waals surface area contributed by atoms with Crippen molar-refractivity contribution in [1.29, 1.82) is 0 Å². The van der Waals surface area contributed by atoms with Gasteiger partial charge in [-0.15, -0.1) is 0 Å². The minimum absolute atomic E-state index is 0.226. The summed E-state index contributed by atoms with van der Waals surface area (Å²) < 4.78 is 24.7. The van der Waals surface area contributed by atoms with Crippen LogP contribution in [-0.2, 0) is 11.3 Å². The number of aromatic amines is 1. The van der Waals surface area contributed by atoms with Crippen molar-refractivity contribution in [3.8, 4) is 0 Å². The maximum atomic E-state index is 14.4. The van der Waals surface area contributed by atoms with Crippen molar-refractivity contribution >= 4 is 22.5 Å². The number of nitrogens with zero attached hydrogens (tertiary/aromatic N) is 1. The van der Waals surface area contributed by atoms with Crippen LogP contribution < -0.4 is 16.0 Å². The van der Waals surface area contributed by atoms with Crippen LogP contribution in [-0.4, -0.2) is 31.3 Å². The second-order valence-electron chi connectivity index (χ2n) is 5.96. The fourth-order valence-electron chi connectivity index (χ4n) is 2.99. The molecule has 2 heterocycles. The van der Waals surface area contributed by atoms with Crippen molar-refractivity contribution in [2.24, 2.45) is 0 Å². The Kier molecular flexibility index (Phi) is 4.15. The number of benzene rings is 2. The Labute approximate surface area is 143 Å². The summed E-state index contributed by atoms with van der Waals surface area (Å²) in [6, 6.07) is 10.6. The van der Waals surface area contributed by atoms with Crippen LogP contribution in [0.5, 0.6) is 0 Å². The maximum absolute atomic E-state index is 14.4. The van der Waals surface area contributed by atoms with E-state index in [1.807, 2.05) is 23.1 Å². The van der Waals surface area contributed by atoms with Gasteiger partial charge in [-0.2, -0.15) is 0 Å². The average Bonchev–Trinajstić information content (AvgIpc) is 3.00. The van der Waals surface area contributed by atoms with Gasteiger partial charge in [0.1, 0.15) is 5.82 Å². The average molecular weight is 343 g/mol. The molecule has 0 bridgehead atoms. The molecule has 3 aromatic rings. The van der Waals surface area contributed by atoms with Crippen LogP contribution >= 0.6 is 0 Å². The summed E-state index contributed by atoms with van der Waals surface area (Å²) in [5, 5.41) is 3.22. The number of hydrogen-bond acceptors (Lipinski definition) is 5. The summed E-state index contributed by atoms with van der Waals surface area (Å²) in [7, 11) is 0. The number of oxazole rings is 1. The smallest absolute Gasteiger partial charge is 0.408 e. The summed E-state index contributed by atoms with van der Waals surface area (Å²) in [5.41, 5.74) is 3.42. The van der Waals surface area contributed by atoms with E-state index in [4.69, 9.17) is 9.15 Å².